The van der Waals surface area contributed by atoms with Gasteiger partial charge in [0.2, 0.25) is 0 Å². The zero-order valence-electron chi connectivity index (χ0n) is 24.6. The number of anilines is 1. The van der Waals surface area contributed by atoms with Crippen molar-refractivity contribution in [1.82, 2.24) is 0 Å². The maximum absolute atomic E-state index is 12.8. The number of ether oxygens (including phenoxy) is 4. The van der Waals surface area contributed by atoms with Crippen LogP contribution in [0.2, 0.25) is 0 Å². The van der Waals surface area contributed by atoms with Crippen LogP contribution in [-0.4, -0.2) is 24.0 Å². The first kappa shape index (κ1) is 32.6. The van der Waals surface area contributed by atoms with Gasteiger partial charge >= 0.3 is 0 Å². The van der Waals surface area contributed by atoms with E-state index in [-0.39, 0.29) is 23.6 Å². The first-order chi connectivity index (χ1) is 21.8. The summed E-state index contributed by atoms with van der Waals surface area (Å²) in [6, 6.07) is 26.2. The Morgan fingerprint density at radius 1 is 0.867 bits per heavy atom. The molecule has 10 nitrogen and oxygen atoms in total. The lowest BCUT2D eigenvalue weighted by molar-refractivity contribution is -0.384. The second kappa shape index (κ2) is 15.9. The Kier molecular flexibility index (Phi) is 11.5. The van der Waals surface area contributed by atoms with Gasteiger partial charge in [0, 0.05) is 17.8 Å². The number of rotatable bonds is 14. The zero-order valence-corrected chi connectivity index (χ0v) is 26.2. The van der Waals surface area contributed by atoms with Crippen molar-refractivity contribution in [3.63, 3.8) is 0 Å². The number of non-ortho nitro benzene ring substituents is 1. The number of nitro groups is 1. The van der Waals surface area contributed by atoms with Crippen LogP contribution in [-0.2, 0) is 18.0 Å². The number of carbonyl (C=O) groups is 1. The van der Waals surface area contributed by atoms with Gasteiger partial charge in [0.05, 0.1) is 22.6 Å². The zero-order chi connectivity index (χ0) is 32.2. The van der Waals surface area contributed by atoms with Crippen LogP contribution < -0.4 is 24.3 Å². The van der Waals surface area contributed by atoms with E-state index in [1.807, 2.05) is 68.4 Å². The van der Waals surface area contributed by atoms with E-state index in [9.17, 15) is 20.2 Å². The molecule has 0 heterocycles. The standard InChI is InChI=1S/C34H30BrN3O7/c1-3-42-31-17-24(13-14-30(31)44-21-23-9-6-5-7-10-23)22-45-33-29(35)16-25(18-32(33)43-4-2)15-26(20-36)34(39)37-27-11-8-12-28(19-27)38(40)41/h5-19H,3-4,21-22H2,1-2H3,(H,37,39)/b26-15-. The van der Waals surface area contributed by atoms with E-state index < -0.39 is 10.8 Å². The predicted octanol–water partition coefficient (Wildman–Crippen LogP) is 7.86. The number of nitrogens with zero attached hydrogens (tertiary/aromatic N) is 2. The molecule has 0 aromatic heterocycles. The summed E-state index contributed by atoms with van der Waals surface area (Å²) in [7, 11) is 0. The van der Waals surface area contributed by atoms with E-state index in [1.54, 1.807) is 12.1 Å². The maximum Gasteiger partial charge on any atom is 0.271 e. The van der Waals surface area contributed by atoms with Gasteiger partial charge in [-0.1, -0.05) is 42.5 Å². The highest BCUT2D eigenvalue weighted by molar-refractivity contribution is 9.10. The molecule has 4 rings (SSSR count). The van der Waals surface area contributed by atoms with Crippen molar-refractivity contribution in [3.8, 4) is 29.1 Å². The number of nitriles is 1. The SMILES string of the molecule is CCOc1cc(COc2c(Br)cc(/C=C(/C#N)C(=O)Nc3cccc([N+](=O)[O-])c3)cc2OCC)ccc1OCc1ccccc1. The number of benzene rings is 4. The average Bonchev–Trinajstić information content (AvgIpc) is 3.03. The number of hydrogen-bond acceptors (Lipinski definition) is 8. The van der Waals surface area contributed by atoms with Crippen molar-refractivity contribution in [2.75, 3.05) is 18.5 Å². The van der Waals surface area contributed by atoms with Crippen LogP contribution in [0.4, 0.5) is 11.4 Å². The van der Waals surface area contributed by atoms with Crippen LogP contribution in [0, 0.1) is 21.4 Å². The van der Waals surface area contributed by atoms with Crippen molar-refractivity contribution in [1.29, 1.82) is 5.26 Å². The number of nitro benzene ring substituents is 1. The lowest BCUT2D eigenvalue weighted by Gasteiger charge is -2.16. The molecule has 0 fully saturated rings. The molecule has 0 aliphatic carbocycles. The van der Waals surface area contributed by atoms with Gasteiger partial charge in [0.25, 0.3) is 11.6 Å². The molecule has 4 aromatic carbocycles. The Balaban J connectivity index is 1.51. The number of amides is 1. The Hall–Kier alpha value is -5.34. The van der Waals surface area contributed by atoms with E-state index >= 15 is 0 Å². The Morgan fingerprint density at radius 3 is 2.31 bits per heavy atom. The fourth-order valence-electron chi connectivity index (χ4n) is 4.21. The largest absolute Gasteiger partial charge is 0.490 e. The molecule has 0 spiro atoms. The van der Waals surface area contributed by atoms with Gasteiger partial charge in [-0.2, -0.15) is 5.26 Å². The Morgan fingerprint density at radius 2 is 1.60 bits per heavy atom. The highest BCUT2D eigenvalue weighted by atomic mass is 79.9. The Labute approximate surface area is 269 Å². The highest BCUT2D eigenvalue weighted by Gasteiger charge is 2.16. The third-order valence-electron chi connectivity index (χ3n) is 6.25. The maximum atomic E-state index is 12.8. The summed E-state index contributed by atoms with van der Waals surface area (Å²) in [5.41, 5.74) is 2.19. The van der Waals surface area contributed by atoms with Crippen molar-refractivity contribution in [2.45, 2.75) is 27.1 Å². The average molecular weight is 673 g/mol. The van der Waals surface area contributed by atoms with Crippen LogP contribution in [0.1, 0.15) is 30.5 Å². The van der Waals surface area contributed by atoms with Gasteiger partial charge in [0.15, 0.2) is 23.0 Å². The van der Waals surface area contributed by atoms with Crippen molar-refractivity contribution >= 4 is 39.3 Å². The van der Waals surface area contributed by atoms with Gasteiger partial charge in [-0.15, -0.1) is 0 Å². The predicted molar refractivity (Wildman–Crippen MR) is 173 cm³/mol. The van der Waals surface area contributed by atoms with E-state index in [1.165, 1.54) is 30.3 Å². The van der Waals surface area contributed by atoms with E-state index in [4.69, 9.17) is 18.9 Å². The molecule has 0 radical (unpaired) electrons. The molecule has 45 heavy (non-hydrogen) atoms. The van der Waals surface area contributed by atoms with E-state index in [2.05, 4.69) is 21.2 Å². The molecular weight excluding hydrogens is 642 g/mol. The van der Waals surface area contributed by atoms with Crippen molar-refractivity contribution < 1.29 is 28.7 Å². The van der Waals surface area contributed by atoms with Crippen LogP contribution in [0.25, 0.3) is 6.08 Å². The summed E-state index contributed by atoms with van der Waals surface area (Å²) in [5.74, 6) is 1.36. The molecule has 0 bridgehead atoms. The second-order valence-electron chi connectivity index (χ2n) is 9.47. The summed E-state index contributed by atoms with van der Waals surface area (Å²) in [4.78, 5) is 23.3. The van der Waals surface area contributed by atoms with Gasteiger partial charge < -0.3 is 24.3 Å². The quantitative estimate of drug-likeness (QED) is 0.0620. The normalized spacial score (nSPS) is 10.8. The topological polar surface area (TPSA) is 133 Å². The first-order valence-corrected chi connectivity index (χ1v) is 14.8. The van der Waals surface area contributed by atoms with Crippen LogP contribution in [0.3, 0.4) is 0 Å². The van der Waals surface area contributed by atoms with Gasteiger partial charge in [-0.25, -0.2) is 0 Å². The first-order valence-electron chi connectivity index (χ1n) is 14.0. The third-order valence-corrected chi connectivity index (χ3v) is 6.84. The van der Waals surface area contributed by atoms with Crippen LogP contribution >= 0.6 is 15.9 Å². The third kappa shape index (κ3) is 9.08. The smallest absolute Gasteiger partial charge is 0.271 e. The second-order valence-corrected chi connectivity index (χ2v) is 10.3. The monoisotopic (exact) mass is 671 g/mol. The van der Waals surface area contributed by atoms with E-state index in [0.29, 0.717) is 52.9 Å². The lowest BCUT2D eigenvalue weighted by atomic mass is 10.1. The molecule has 230 valence electrons. The summed E-state index contributed by atoms with van der Waals surface area (Å²) < 4.78 is 24.4. The summed E-state index contributed by atoms with van der Waals surface area (Å²) in [6.45, 7) is 5.15. The number of carbonyl (C=O) groups excluding carboxylic acids is 1. The highest BCUT2D eigenvalue weighted by Crippen LogP contribution is 2.39. The summed E-state index contributed by atoms with van der Waals surface area (Å²) >= 11 is 3.53. The molecule has 1 N–H and O–H groups in total. The minimum Gasteiger partial charge on any atom is -0.490 e. The molecule has 4 aromatic rings. The summed E-state index contributed by atoms with van der Waals surface area (Å²) in [6.07, 6.45) is 1.40. The summed E-state index contributed by atoms with van der Waals surface area (Å²) in [5, 5.41) is 23.3. The molecular formula is C34H30BrN3O7. The lowest BCUT2D eigenvalue weighted by Crippen LogP contribution is -2.13. The molecule has 0 aliphatic heterocycles. The fourth-order valence-corrected chi connectivity index (χ4v) is 4.78. The molecule has 0 atom stereocenters. The van der Waals surface area contributed by atoms with Crippen LogP contribution in [0.15, 0.2) is 95.0 Å². The van der Waals surface area contributed by atoms with Crippen molar-refractivity contribution in [3.05, 3.63) is 122 Å². The molecule has 0 saturated carbocycles. The molecule has 1 amide bonds. The molecule has 0 unspecified atom stereocenters. The minimum atomic E-state index is -0.714. The molecule has 0 aliphatic rings. The van der Waals surface area contributed by atoms with Crippen molar-refractivity contribution in [2.24, 2.45) is 0 Å². The number of nitrogens with one attached hydrogen (secondary N) is 1. The van der Waals surface area contributed by atoms with Crippen LogP contribution in [0.5, 0.6) is 23.0 Å². The van der Waals surface area contributed by atoms with Gasteiger partial charge in [0.1, 0.15) is 24.9 Å². The minimum absolute atomic E-state index is 0.183. The van der Waals surface area contributed by atoms with Gasteiger partial charge in [-0.3, -0.25) is 14.9 Å². The van der Waals surface area contributed by atoms with Gasteiger partial charge in [-0.05, 0) is 82.9 Å². The number of halogens is 1. The fraction of sp³-hybridized carbons (Fsp3) is 0.176. The molecule has 11 heteroatoms. The molecule has 0 saturated heterocycles. The number of hydrogen-bond donors (Lipinski definition) is 1. The van der Waals surface area contributed by atoms with E-state index in [0.717, 1.165) is 11.1 Å². The Bertz CT molecular complexity index is 1740.